The van der Waals surface area contributed by atoms with Crippen LogP contribution >= 0.6 is 11.6 Å². The van der Waals surface area contributed by atoms with Crippen molar-refractivity contribution in [3.05, 3.63) is 41.6 Å². The minimum absolute atomic E-state index is 0.0811. The van der Waals surface area contributed by atoms with E-state index in [2.05, 4.69) is 9.97 Å². The van der Waals surface area contributed by atoms with Crippen LogP contribution in [0.1, 0.15) is 24.4 Å². The molecular formula is C13H15ClN4O2S. The predicted molar refractivity (Wildman–Crippen MR) is 78.3 cm³/mol. The molecule has 1 saturated heterocycles. The zero-order valence-electron chi connectivity index (χ0n) is 11.5. The maximum atomic E-state index is 12.8. The molecule has 1 unspecified atom stereocenters. The Morgan fingerprint density at radius 2 is 2.24 bits per heavy atom. The summed E-state index contributed by atoms with van der Waals surface area (Å²) in [6.07, 6.45) is 6.37. The summed E-state index contributed by atoms with van der Waals surface area (Å²) in [6.45, 7) is 0.467. The van der Waals surface area contributed by atoms with Crippen LogP contribution < -0.4 is 0 Å². The fourth-order valence-corrected chi connectivity index (χ4v) is 4.69. The number of hydrogen-bond acceptors (Lipinski definition) is 4. The summed E-state index contributed by atoms with van der Waals surface area (Å²) in [4.78, 5) is 8.02. The van der Waals surface area contributed by atoms with Crippen molar-refractivity contribution >= 4 is 21.6 Å². The van der Waals surface area contributed by atoms with Crippen LogP contribution in [0.15, 0.2) is 35.9 Å². The monoisotopic (exact) mass is 326 g/mol. The molecule has 1 aliphatic rings. The maximum Gasteiger partial charge on any atom is 0.264 e. The minimum Gasteiger partial charge on any atom is -0.324 e. The fourth-order valence-electron chi connectivity index (χ4n) is 2.61. The quantitative estimate of drug-likeness (QED) is 0.865. The first-order chi connectivity index (χ1) is 10.0. The molecule has 1 aliphatic heterocycles. The number of rotatable bonds is 3. The number of sulfonamides is 1. The summed E-state index contributed by atoms with van der Waals surface area (Å²) < 4.78 is 28.6. The van der Waals surface area contributed by atoms with Gasteiger partial charge in [0.05, 0.1) is 12.4 Å². The van der Waals surface area contributed by atoms with Crippen LogP contribution in [-0.4, -0.2) is 33.8 Å². The van der Waals surface area contributed by atoms with E-state index in [-0.39, 0.29) is 16.2 Å². The third-order valence-electron chi connectivity index (χ3n) is 3.66. The average molecular weight is 327 g/mol. The van der Waals surface area contributed by atoms with Crippen molar-refractivity contribution < 1.29 is 8.42 Å². The molecule has 0 radical (unpaired) electrons. The van der Waals surface area contributed by atoms with Gasteiger partial charge in [0, 0.05) is 26.0 Å². The van der Waals surface area contributed by atoms with E-state index >= 15 is 0 Å². The Labute approximate surface area is 128 Å². The van der Waals surface area contributed by atoms with E-state index in [1.54, 1.807) is 19.4 Å². The van der Waals surface area contributed by atoms with Gasteiger partial charge in [-0.1, -0.05) is 17.7 Å². The van der Waals surface area contributed by atoms with Crippen LogP contribution in [0.4, 0.5) is 0 Å². The lowest BCUT2D eigenvalue weighted by atomic mass is 10.1. The molecule has 0 amide bonds. The van der Waals surface area contributed by atoms with E-state index < -0.39 is 10.0 Å². The molecule has 0 spiro atoms. The summed E-state index contributed by atoms with van der Waals surface area (Å²) in [6, 6.07) is 3.50. The van der Waals surface area contributed by atoms with E-state index in [1.807, 2.05) is 12.1 Å². The van der Waals surface area contributed by atoms with Crippen LogP contribution in [0, 0.1) is 0 Å². The van der Waals surface area contributed by atoms with E-state index in [0.29, 0.717) is 6.54 Å². The van der Waals surface area contributed by atoms with Crippen molar-refractivity contribution in [3.63, 3.8) is 0 Å². The Kier molecular flexibility index (Phi) is 3.73. The molecule has 21 heavy (non-hydrogen) atoms. The third-order valence-corrected chi connectivity index (χ3v) is 6.06. The van der Waals surface area contributed by atoms with E-state index in [9.17, 15) is 8.42 Å². The summed E-state index contributed by atoms with van der Waals surface area (Å²) in [5.74, 6) is 0. The van der Waals surface area contributed by atoms with Crippen molar-refractivity contribution in [2.75, 3.05) is 6.54 Å². The first kappa shape index (κ1) is 14.5. The maximum absolute atomic E-state index is 12.8. The van der Waals surface area contributed by atoms with Crippen LogP contribution in [-0.2, 0) is 17.1 Å². The van der Waals surface area contributed by atoms with Crippen molar-refractivity contribution in [1.29, 1.82) is 0 Å². The minimum atomic E-state index is -3.70. The lowest BCUT2D eigenvalue weighted by molar-refractivity contribution is 0.394. The highest BCUT2D eigenvalue weighted by Crippen LogP contribution is 2.37. The first-order valence-electron chi connectivity index (χ1n) is 6.60. The Morgan fingerprint density at radius 1 is 1.43 bits per heavy atom. The Hall–Kier alpha value is -1.44. The Balaban J connectivity index is 2.00. The van der Waals surface area contributed by atoms with Gasteiger partial charge < -0.3 is 4.57 Å². The first-order valence-corrected chi connectivity index (χ1v) is 8.42. The highest BCUT2D eigenvalue weighted by atomic mass is 35.5. The number of halogens is 1. The number of pyridine rings is 1. The molecule has 2 aromatic heterocycles. The normalized spacial score (nSPS) is 20.0. The average Bonchev–Trinajstić information content (AvgIpc) is 3.09. The number of aromatic nitrogens is 3. The molecular weight excluding hydrogens is 312 g/mol. The number of nitrogens with zero attached hydrogens (tertiary/aromatic N) is 4. The number of aryl methyl sites for hydroxylation is 1. The van der Waals surface area contributed by atoms with Crippen LogP contribution in [0.25, 0.3) is 0 Å². The summed E-state index contributed by atoms with van der Waals surface area (Å²) in [5.41, 5.74) is 0.894. The van der Waals surface area contributed by atoms with Gasteiger partial charge in [-0.05, 0) is 24.5 Å². The van der Waals surface area contributed by atoms with E-state index in [0.717, 1.165) is 18.4 Å². The largest absolute Gasteiger partial charge is 0.324 e. The topological polar surface area (TPSA) is 68.1 Å². The van der Waals surface area contributed by atoms with Gasteiger partial charge in [-0.25, -0.2) is 13.4 Å². The van der Waals surface area contributed by atoms with Gasteiger partial charge in [-0.2, -0.15) is 4.31 Å². The Morgan fingerprint density at radius 3 is 2.86 bits per heavy atom. The van der Waals surface area contributed by atoms with Crippen molar-refractivity contribution in [3.8, 4) is 0 Å². The van der Waals surface area contributed by atoms with E-state index in [1.165, 1.54) is 15.2 Å². The van der Waals surface area contributed by atoms with Gasteiger partial charge in [0.25, 0.3) is 10.0 Å². The molecule has 112 valence electrons. The second kappa shape index (κ2) is 5.40. The van der Waals surface area contributed by atoms with Crippen molar-refractivity contribution in [2.45, 2.75) is 23.9 Å². The van der Waals surface area contributed by atoms with Crippen LogP contribution in [0.2, 0.25) is 5.15 Å². The fraction of sp³-hybridized carbons (Fsp3) is 0.385. The molecule has 1 fully saturated rings. The van der Waals surface area contributed by atoms with Gasteiger partial charge in [0.1, 0.15) is 5.15 Å². The molecule has 1 atom stereocenters. The molecule has 0 saturated carbocycles. The van der Waals surface area contributed by atoms with Crippen molar-refractivity contribution in [2.24, 2.45) is 7.05 Å². The zero-order chi connectivity index (χ0) is 15.0. The third kappa shape index (κ3) is 2.45. The second-order valence-corrected chi connectivity index (χ2v) is 7.18. The Bertz CT molecular complexity index is 745. The van der Waals surface area contributed by atoms with Gasteiger partial charge >= 0.3 is 0 Å². The van der Waals surface area contributed by atoms with E-state index in [4.69, 9.17) is 11.6 Å². The van der Waals surface area contributed by atoms with Crippen LogP contribution in [0.5, 0.6) is 0 Å². The molecule has 3 rings (SSSR count). The second-order valence-electron chi connectivity index (χ2n) is 5.01. The van der Waals surface area contributed by atoms with Gasteiger partial charge in [-0.15, -0.1) is 0 Å². The van der Waals surface area contributed by atoms with Gasteiger partial charge in [0.15, 0.2) is 0 Å². The summed E-state index contributed by atoms with van der Waals surface area (Å²) in [7, 11) is -2.04. The molecule has 3 heterocycles. The van der Waals surface area contributed by atoms with Crippen molar-refractivity contribution in [1.82, 2.24) is 18.8 Å². The lowest BCUT2D eigenvalue weighted by Gasteiger charge is -2.23. The molecule has 6 nitrogen and oxygen atoms in total. The highest BCUT2D eigenvalue weighted by Gasteiger charge is 2.38. The predicted octanol–water partition coefficient (Wildman–Crippen LogP) is 1.99. The number of imidazole rings is 1. The summed E-state index contributed by atoms with van der Waals surface area (Å²) >= 11 is 6.05. The molecule has 0 aromatic carbocycles. The van der Waals surface area contributed by atoms with Gasteiger partial charge in [0.2, 0.25) is 5.03 Å². The molecule has 0 bridgehead atoms. The zero-order valence-corrected chi connectivity index (χ0v) is 13.0. The smallest absolute Gasteiger partial charge is 0.264 e. The molecule has 0 aliphatic carbocycles. The van der Waals surface area contributed by atoms with Gasteiger partial charge in [-0.3, -0.25) is 4.98 Å². The standard InChI is InChI=1S/C13H15ClN4O2S/c1-17-9-16-13(12(17)14)21(19,20)18-7-3-5-11(18)10-4-2-6-15-8-10/h2,4,6,8-9,11H,3,5,7H2,1H3. The molecule has 0 N–H and O–H groups in total. The summed E-state index contributed by atoms with van der Waals surface area (Å²) in [5, 5.41) is 0.0503. The lowest BCUT2D eigenvalue weighted by Crippen LogP contribution is -2.31. The molecule has 8 heteroatoms. The number of hydrogen-bond donors (Lipinski definition) is 0. The SMILES string of the molecule is Cn1cnc(S(=O)(=O)N2CCCC2c2cccnc2)c1Cl. The molecule has 2 aromatic rings. The van der Waals surface area contributed by atoms with Crippen LogP contribution in [0.3, 0.4) is 0 Å². The highest BCUT2D eigenvalue weighted by molar-refractivity contribution is 7.89.